The van der Waals surface area contributed by atoms with E-state index in [1.807, 2.05) is 24.4 Å². The number of pyridine rings is 1. The standard InChI is InChI=1S/C17H23N3O/c1-19-12-7-14-13-15(5-6-16(14)17(19)21)18-8-4-11-20-9-2-3-10-20/h5-7,12-13,18H,2-4,8-11H2,1H3. The zero-order valence-electron chi connectivity index (χ0n) is 12.6. The van der Waals surface area contributed by atoms with E-state index < -0.39 is 0 Å². The smallest absolute Gasteiger partial charge is 0.258 e. The second kappa shape index (κ2) is 6.31. The highest BCUT2D eigenvalue weighted by molar-refractivity contribution is 5.84. The van der Waals surface area contributed by atoms with Crippen molar-refractivity contribution >= 4 is 16.5 Å². The number of hydrogen-bond acceptors (Lipinski definition) is 3. The molecule has 1 aliphatic rings. The number of nitrogens with zero attached hydrogens (tertiary/aromatic N) is 2. The molecule has 1 aromatic carbocycles. The first kappa shape index (κ1) is 14.1. The summed E-state index contributed by atoms with van der Waals surface area (Å²) in [6.45, 7) is 4.69. The molecule has 4 nitrogen and oxygen atoms in total. The van der Waals surface area contributed by atoms with E-state index in [1.54, 1.807) is 11.6 Å². The Labute approximate surface area is 125 Å². The van der Waals surface area contributed by atoms with Crippen LogP contribution in [0.3, 0.4) is 0 Å². The second-order valence-corrected chi connectivity index (χ2v) is 5.86. The summed E-state index contributed by atoms with van der Waals surface area (Å²) in [4.78, 5) is 14.5. The molecule has 1 aromatic heterocycles. The van der Waals surface area contributed by atoms with Crippen LogP contribution in [0.15, 0.2) is 35.3 Å². The Morgan fingerprint density at radius 1 is 1.19 bits per heavy atom. The lowest BCUT2D eigenvalue weighted by Gasteiger charge is -2.14. The van der Waals surface area contributed by atoms with Crippen molar-refractivity contribution in [3.63, 3.8) is 0 Å². The minimum absolute atomic E-state index is 0.0630. The van der Waals surface area contributed by atoms with E-state index in [0.29, 0.717) is 0 Å². The molecule has 0 saturated carbocycles. The van der Waals surface area contributed by atoms with Gasteiger partial charge in [0.05, 0.1) is 0 Å². The number of nitrogens with one attached hydrogen (secondary N) is 1. The van der Waals surface area contributed by atoms with E-state index in [2.05, 4.69) is 16.3 Å². The molecule has 0 unspecified atom stereocenters. The summed E-state index contributed by atoms with van der Waals surface area (Å²) in [5, 5.41) is 5.24. The van der Waals surface area contributed by atoms with Gasteiger partial charge in [0, 0.05) is 30.9 Å². The summed E-state index contributed by atoms with van der Waals surface area (Å²) in [6, 6.07) is 7.97. The van der Waals surface area contributed by atoms with Crippen LogP contribution in [0.1, 0.15) is 19.3 Å². The van der Waals surface area contributed by atoms with Crippen LogP contribution in [0.4, 0.5) is 5.69 Å². The maximum absolute atomic E-state index is 12.0. The molecule has 0 aliphatic carbocycles. The van der Waals surface area contributed by atoms with Crippen molar-refractivity contribution in [2.24, 2.45) is 7.05 Å². The number of hydrogen-bond donors (Lipinski definition) is 1. The molecule has 0 atom stereocenters. The third kappa shape index (κ3) is 3.27. The molecule has 0 spiro atoms. The first-order chi connectivity index (χ1) is 10.2. The van der Waals surface area contributed by atoms with Gasteiger partial charge >= 0.3 is 0 Å². The second-order valence-electron chi connectivity index (χ2n) is 5.86. The summed E-state index contributed by atoms with van der Waals surface area (Å²) in [5.41, 5.74) is 1.16. The lowest BCUT2D eigenvalue weighted by atomic mass is 10.1. The van der Waals surface area contributed by atoms with Gasteiger partial charge in [-0.2, -0.15) is 0 Å². The van der Waals surface area contributed by atoms with Crippen LogP contribution in [0.25, 0.3) is 10.8 Å². The van der Waals surface area contributed by atoms with E-state index >= 15 is 0 Å². The molecule has 0 amide bonds. The number of aryl methyl sites for hydroxylation is 1. The predicted molar refractivity (Wildman–Crippen MR) is 88.0 cm³/mol. The van der Waals surface area contributed by atoms with E-state index in [-0.39, 0.29) is 5.56 Å². The number of rotatable bonds is 5. The molecule has 2 heterocycles. The number of benzene rings is 1. The summed E-state index contributed by atoms with van der Waals surface area (Å²) in [5.74, 6) is 0. The molecule has 0 radical (unpaired) electrons. The van der Waals surface area contributed by atoms with E-state index in [4.69, 9.17) is 0 Å². The molecule has 1 fully saturated rings. The monoisotopic (exact) mass is 285 g/mol. The third-order valence-electron chi connectivity index (χ3n) is 4.26. The van der Waals surface area contributed by atoms with Crippen LogP contribution in [-0.2, 0) is 7.05 Å². The van der Waals surface area contributed by atoms with Crippen molar-refractivity contribution < 1.29 is 0 Å². The van der Waals surface area contributed by atoms with Gasteiger partial charge in [-0.3, -0.25) is 4.79 Å². The van der Waals surface area contributed by atoms with Crippen LogP contribution >= 0.6 is 0 Å². The van der Waals surface area contributed by atoms with Crippen LogP contribution in [0.5, 0.6) is 0 Å². The van der Waals surface area contributed by atoms with Crippen molar-refractivity contribution in [1.29, 1.82) is 0 Å². The largest absolute Gasteiger partial charge is 0.385 e. The first-order valence-corrected chi connectivity index (χ1v) is 7.80. The van der Waals surface area contributed by atoms with Gasteiger partial charge in [0.25, 0.3) is 5.56 Å². The average Bonchev–Trinajstić information content (AvgIpc) is 3.01. The van der Waals surface area contributed by atoms with E-state index in [1.165, 1.54) is 32.5 Å². The summed E-state index contributed by atoms with van der Waals surface area (Å²) in [6.07, 6.45) is 5.69. The minimum Gasteiger partial charge on any atom is -0.385 e. The highest BCUT2D eigenvalue weighted by atomic mass is 16.1. The molecule has 3 rings (SSSR count). The fourth-order valence-corrected chi connectivity index (χ4v) is 3.00. The molecular weight excluding hydrogens is 262 g/mol. The van der Waals surface area contributed by atoms with Crippen molar-refractivity contribution in [3.05, 3.63) is 40.8 Å². The van der Waals surface area contributed by atoms with Gasteiger partial charge in [-0.25, -0.2) is 0 Å². The van der Waals surface area contributed by atoms with Gasteiger partial charge in [0.1, 0.15) is 0 Å². The number of likely N-dealkylation sites (tertiary alicyclic amines) is 1. The third-order valence-corrected chi connectivity index (χ3v) is 4.26. The zero-order valence-corrected chi connectivity index (χ0v) is 12.6. The molecule has 2 aromatic rings. The zero-order chi connectivity index (χ0) is 14.7. The fourth-order valence-electron chi connectivity index (χ4n) is 3.00. The van der Waals surface area contributed by atoms with Crippen LogP contribution in [0.2, 0.25) is 0 Å². The topological polar surface area (TPSA) is 37.3 Å². The van der Waals surface area contributed by atoms with Crippen LogP contribution in [0, 0.1) is 0 Å². The Hall–Kier alpha value is -1.81. The Morgan fingerprint density at radius 2 is 2.00 bits per heavy atom. The lowest BCUT2D eigenvalue weighted by Crippen LogP contribution is -2.22. The van der Waals surface area contributed by atoms with Gasteiger partial charge in [0.2, 0.25) is 0 Å². The molecule has 0 bridgehead atoms. The highest BCUT2D eigenvalue weighted by Gasteiger charge is 2.10. The minimum atomic E-state index is 0.0630. The van der Waals surface area contributed by atoms with Gasteiger partial charge in [-0.15, -0.1) is 0 Å². The van der Waals surface area contributed by atoms with E-state index in [9.17, 15) is 4.79 Å². The normalized spacial score (nSPS) is 15.7. The van der Waals surface area contributed by atoms with E-state index in [0.717, 1.165) is 29.4 Å². The van der Waals surface area contributed by atoms with Gasteiger partial charge in [-0.1, -0.05) is 0 Å². The Bertz CT molecular complexity index is 671. The summed E-state index contributed by atoms with van der Waals surface area (Å²) >= 11 is 0. The lowest BCUT2D eigenvalue weighted by molar-refractivity contribution is 0.337. The fraction of sp³-hybridized carbons (Fsp3) is 0.471. The van der Waals surface area contributed by atoms with Crippen molar-refractivity contribution in [3.8, 4) is 0 Å². The average molecular weight is 285 g/mol. The van der Waals surface area contributed by atoms with Gasteiger partial charge in [-0.05, 0) is 68.5 Å². The van der Waals surface area contributed by atoms with Crippen molar-refractivity contribution in [2.45, 2.75) is 19.3 Å². The first-order valence-electron chi connectivity index (χ1n) is 7.80. The maximum Gasteiger partial charge on any atom is 0.258 e. The van der Waals surface area contributed by atoms with Crippen molar-refractivity contribution in [2.75, 3.05) is 31.5 Å². The van der Waals surface area contributed by atoms with Crippen LogP contribution < -0.4 is 10.9 Å². The molecule has 112 valence electrons. The SMILES string of the molecule is Cn1ccc2cc(NCCCN3CCCC3)ccc2c1=O. The number of aromatic nitrogens is 1. The molecule has 21 heavy (non-hydrogen) atoms. The van der Waals surface area contributed by atoms with Crippen LogP contribution in [-0.4, -0.2) is 35.6 Å². The van der Waals surface area contributed by atoms with Crippen molar-refractivity contribution in [1.82, 2.24) is 9.47 Å². The summed E-state index contributed by atoms with van der Waals surface area (Å²) in [7, 11) is 1.78. The molecule has 1 saturated heterocycles. The Balaban J connectivity index is 1.59. The maximum atomic E-state index is 12.0. The number of fused-ring (bicyclic) bond motifs is 1. The summed E-state index contributed by atoms with van der Waals surface area (Å²) < 4.78 is 1.62. The molecule has 4 heteroatoms. The number of anilines is 1. The quantitative estimate of drug-likeness (QED) is 0.857. The Morgan fingerprint density at radius 3 is 2.81 bits per heavy atom. The van der Waals surface area contributed by atoms with Gasteiger partial charge < -0.3 is 14.8 Å². The molecule has 1 aliphatic heterocycles. The highest BCUT2D eigenvalue weighted by Crippen LogP contribution is 2.16. The molecular formula is C17H23N3O. The van der Waals surface area contributed by atoms with Gasteiger partial charge in [0.15, 0.2) is 0 Å². The Kier molecular flexibility index (Phi) is 4.25. The predicted octanol–water partition coefficient (Wildman–Crippen LogP) is 2.44. The molecule has 1 N–H and O–H groups in total.